The SMILES string of the molecule is CC(C)(C)N(CC(=O)N1CCn2cccc2C1c1ccccc1Cl)C(=O)c1cccs1. The van der Waals surface area contributed by atoms with Gasteiger partial charge in [-0.2, -0.15) is 0 Å². The lowest BCUT2D eigenvalue weighted by Gasteiger charge is -2.41. The molecule has 0 N–H and O–H groups in total. The molecule has 4 rings (SSSR count). The highest BCUT2D eigenvalue weighted by molar-refractivity contribution is 7.12. The van der Waals surface area contributed by atoms with Gasteiger partial charge in [-0.3, -0.25) is 9.59 Å². The number of carbonyl (C=O) groups excluding carboxylic acids is 2. The van der Waals surface area contributed by atoms with Crippen LogP contribution in [-0.2, 0) is 11.3 Å². The van der Waals surface area contributed by atoms with E-state index in [0.29, 0.717) is 23.0 Å². The highest BCUT2D eigenvalue weighted by atomic mass is 35.5. The fraction of sp³-hybridized carbons (Fsp3) is 0.333. The Hall–Kier alpha value is -2.57. The predicted molar refractivity (Wildman–Crippen MR) is 125 cm³/mol. The highest BCUT2D eigenvalue weighted by Crippen LogP contribution is 2.36. The summed E-state index contributed by atoms with van der Waals surface area (Å²) in [5.41, 5.74) is 1.43. The molecule has 2 amide bonds. The summed E-state index contributed by atoms with van der Waals surface area (Å²) in [5.74, 6) is -0.206. The average molecular weight is 456 g/mol. The molecule has 1 aliphatic heterocycles. The molecule has 2 aromatic heterocycles. The maximum absolute atomic E-state index is 13.6. The molecular weight excluding hydrogens is 430 g/mol. The number of carbonyl (C=O) groups is 2. The van der Waals surface area contributed by atoms with Crippen LogP contribution in [0.4, 0.5) is 0 Å². The smallest absolute Gasteiger partial charge is 0.264 e. The Balaban J connectivity index is 1.67. The monoisotopic (exact) mass is 455 g/mol. The molecule has 0 saturated carbocycles. The van der Waals surface area contributed by atoms with Gasteiger partial charge >= 0.3 is 0 Å². The molecule has 0 saturated heterocycles. The van der Waals surface area contributed by atoms with E-state index in [2.05, 4.69) is 4.57 Å². The Labute approximate surface area is 191 Å². The van der Waals surface area contributed by atoms with Gasteiger partial charge in [0.05, 0.1) is 10.9 Å². The van der Waals surface area contributed by atoms with Crippen LogP contribution in [-0.4, -0.2) is 44.8 Å². The first kappa shape index (κ1) is 21.7. The number of halogens is 1. The molecule has 0 aliphatic carbocycles. The fourth-order valence-corrected chi connectivity index (χ4v) is 4.96. The molecule has 5 nitrogen and oxygen atoms in total. The molecule has 7 heteroatoms. The molecule has 0 fully saturated rings. The van der Waals surface area contributed by atoms with Crippen LogP contribution in [0.1, 0.15) is 47.7 Å². The maximum atomic E-state index is 13.6. The lowest BCUT2D eigenvalue weighted by atomic mass is 9.99. The number of nitrogens with zero attached hydrogens (tertiary/aromatic N) is 3. The van der Waals surface area contributed by atoms with Crippen molar-refractivity contribution in [1.82, 2.24) is 14.4 Å². The van der Waals surface area contributed by atoms with Gasteiger partial charge in [-0.15, -0.1) is 11.3 Å². The van der Waals surface area contributed by atoms with Gasteiger partial charge in [0.25, 0.3) is 5.91 Å². The van der Waals surface area contributed by atoms with Crippen molar-refractivity contribution in [1.29, 1.82) is 0 Å². The van der Waals surface area contributed by atoms with Crippen LogP contribution < -0.4 is 0 Å². The van der Waals surface area contributed by atoms with E-state index in [9.17, 15) is 9.59 Å². The lowest BCUT2D eigenvalue weighted by Crippen LogP contribution is -2.53. The van der Waals surface area contributed by atoms with E-state index < -0.39 is 5.54 Å². The minimum atomic E-state index is -0.493. The first-order valence-electron chi connectivity index (χ1n) is 10.3. The molecule has 3 aromatic rings. The molecule has 1 atom stereocenters. The van der Waals surface area contributed by atoms with Crippen molar-refractivity contribution in [2.75, 3.05) is 13.1 Å². The van der Waals surface area contributed by atoms with E-state index in [4.69, 9.17) is 11.6 Å². The lowest BCUT2D eigenvalue weighted by molar-refractivity contribution is -0.135. The fourth-order valence-electron chi connectivity index (χ4n) is 4.05. The van der Waals surface area contributed by atoms with Gasteiger partial charge in [0.15, 0.2) is 0 Å². The number of hydrogen-bond donors (Lipinski definition) is 0. The summed E-state index contributed by atoms with van der Waals surface area (Å²) in [5, 5.41) is 2.50. The summed E-state index contributed by atoms with van der Waals surface area (Å²) in [6.45, 7) is 7.16. The van der Waals surface area contributed by atoms with Crippen molar-refractivity contribution in [3.63, 3.8) is 0 Å². The number of thiophene rings is 1. The molecule has 162 valence electrons. The minimum absolute atomic E-state index is 0.0158. The molecule has 0 radical (unpaired) electrons. The minimum Gasteiger partial charge on any atom is -0.348 e. The zero-order chi connectivity index (χ0) is 22.2. The summed E-state index contributed by atoms with van der Waals surface area (Å²) in [6.07, 6.45) is 2.03. The Morgan fingerprint density at radius 1 is 1.10 bits per heavy atom. The average Bonchev–Trinajstić information content (AvgIpc) is 3.42. The summed E-state index contributed by atoms with van der Waals surface area (Å²) < 4.78 is 2.16. The van der Waals surface area contributed by atoms with Crippen LogP contribution in [0.15, 0.2) is 60.1 Å². The first-order chi connectivity index (χ1) is 14.8. The van der Waals surface area contributed by atoms with Crippen LogP contribution in [0.3, 0.4) is 0 Å². The Bertz CT molecular complexity index is 1080. The largest absolute Gasteiger partial charge is 0.348 e. The second kappa shape index (κ2) is 8.52. The Kier molecular flexibility index (Phi) is 5.95. The second-order valence-corrected chi connectivity index (χ2v) is 10.0. The summed E-state index contributed by atoms with van der Waals surface area (Å²) >= 11 is 7.94. The van der Waals surface area contributed by atoms with E-state index in [0.717, 1.165) is 11.3 Å². The molecule has 31 heavy (non-hydrogen) atoms. The summed E-state index contributed by atoms with van der Waals surface area (Å²) in [6, 6.07) is 15.0. The zero-order valence-corrected chi connectivity index (χ0v) is 19.5. The third kappa shape index (κ3) is 4.27. The van der Waals surface area contributed by atoms with Gasteiger partial charge in [-0.25, -0.2) is 0 Å². The van der Waals surface area contributed by atoms with Crippen LogP contribution >= 0.6 is 22.9 Å². The molecule has 0 spiro atoms. The third-order valence-corrected chi connectivity index (χ3v) is 6.84. The van der Waals surface area contributed by atoms with Gasteiger partial charge in [0.2, 0.25) is 5.91 Å². The number of aromatic nitrogens is 1. The van der Waals surface area contributed by atoms with Gasteiger partial charge in [-0.1, -0.05) is 35.9 Å². The van der Waals surface area contributed by atoms with Crippen molar-refractivity contribution in [2.24, 2.45) is 0 Å². The quantitative estimate of drug-likeness (QED) is 0.551. The van der Waals surface area contributed by atoms with Crippen molar-refractivity contribution in [3.05, 3.63) is 81.3 Å². The van der Waals surface area contributed by atoms with Gasteiger partial charge in [-0.05, 0) is 56.0 Å². The van der Waals surface area contributed by atoms with Crippen molar-refractivity contribution in [3.8, 4) is 0 Å². The van der Waals surface area contributed by atoms with Crippen molar-refractivity contribution in [2.45, 2.75) is 38.9 Å². The highest BCUT2D eigenvalue weighted by Gasteiger charge is 2.37. The summed E-state index contributed by atoms with van der Waals surface area (Å²) in [4.78, 5) is 31.0. The number of rotatable bonds is 4. The van der Waals surface area contributed by atoms with E-state index >= 15 is 0 Å². The van der Waals surface area contributed by atoms with E-state index in [1.54, 1.807) is 11.0 Å². The van der Waals surface area contributed by atoms with Crippen LogP contribution in [0, 0.1) is 0 Å². The normalized spacial score (nSPS) is 16.1. The van der Waals surface area contributed by atoms with Gasteiger partial charge in [0, 0.05) is 35.5 Å². The topological polar surface area (TPSA) is 45.6 Å². The van der Waals surface area contributed by atoms with Crippen LogP contribution in [0.5, 0.6) is 0 Å². The molecule has 1 unspecified atom stereocenters. The predicted octanol–water partition coefficient (Wildman–Crippen LogP) is 5.08. The van der Waals surface area contributed by atoms with Crippen LogP contribution in [0.25, 0.3) is 0 Å². The molecule has 3 heterocycles. The molecule has 1 aliphatic rings. The van der Waals surface area contributed by atoms with Gasteiger partial charge < -0.3 is 14.4 Å². The number of benzene rings is 1. The zero-order valence-electron chi connectivity index (χ0n) is 17.9. The second-order valence-electron chi connectivity index (χ2n) is 8.68. The number of fused-ring (bicyclic) bond motifs is 1. The van der Waals surface area contributed by atoms with E-state index in [1.807, 2.05) is 79.7 Å². The number of amides is 2. The standard InChI is InChI=1S/C24H26ClN3O2S/c1-24(2,3)28(23(30)20-11-7-15-31-20)16-21(29)27-14-13-26-12-6-10-19(26)22(27)17-8-4-5-9-18(17)25/h4-12,15,22H,13-14,16H2,1-3H3. The first-order valence-corrected chi connectivity index (χ1v) is 11.6. The van der Waals surface area contributed by atoms with Crippen molar-refractivity contribution >= 4 is 34.8 Å². The maximum Gasteiger partial charge on any atom is 0.264 e. The summed E-state index contributed by atoms with van der Waals surface area (Å²) in [7, 11) is 0. The Morgan fingerprint density at radius 2 is 1.87 bits per heavy atom. The third-order valence-electron chi connectivity index (χ3n) is 5.64. The molecular formula is C24H26ClN3O2S. The molecule has 0 bridgehead atoms. The Morgan fingerprint density at radius 3 is 2.55 bits per heavy atom. The molecule has 1 aromatic carbocycles. The van der Waals surface area contributed by atoms with Crippen molar-refractivity contribution < 1.29 is 9.59 Å². The van der Waals surface area contributed by atoms with E-state index in [1.165, 1.54) is 11.3 Å². The van der Waals surface area contributed by atoms with E-state index in [-0.39, 0.29) is 24.4 Å². The number of hydrogen-bond acceptors (Lipinski definition) is 3. The van der Waals surface area contributed by atoms with Gasteiger partial charge in [0.1, 0.15) is 6.54 Å². The van der Waals surface area contributed by atoms with Crippen LogP contribution in [0.2, 0.25) is 5.02 Å².